The van der Waals surface area contributed by atoms with Gasteiger partial charge < -0.3 is 9.80 Å². The van der Waals surface area contributed by atoms with E-state index in [1.165, 1.54) is 21.7 Å². The lowest BCUT2D eigenvalue weighted by Gasteiger charge is -2.37. The zero-order valence-electron chi connectivity index (χ0n) is 18.6. The molecule has 2 fully saturated rings. The maximum Gasteiger partial charge on any atom is 0.243 e. The third-order valence-corrected chi connectivity index (χ3v) is 9.37. The van der Waals surface area contributed by atoms with Crippen LogP contribution in [0.15, 0.2) is 41.3 Å². The summed E-state index contributed by atoms with van der Waals surface area (Å²) in [5.41, 5.74) is 1.11. The molecule has 180 valence electrons. The molecular formula is C23H24F2N4O3S2. The number of rotatable bonds is 4. The number of fused-ring (bicyclic) bond motifs is 1. The van der Waals surface area contributed by atoms with Crippen molar-refractivity contribution in [3.05, 3.63) is 53.6 Å². The van der Waals surface area contributed by atoms with Crippen LogP contribution in [0, 0.1) is 18.6 Å². The van der Waals surface area contributed by atoms with Crippen molar-refractivity contribution in [3.63, 3.8) is 0 Å². The Labute approximate surface area is 200 Å². The number of anilines is 1. The van der Waals surface area contributed by atoms with Crippen LogP contribution in [0.2, 0.25) is 0 Å². The maximum atomic E-state index is 14.0. The van der Waals surface area contributed by atoms with Crippen LogP contribution in [0.25, 0.3) is 10.2 Å². The van der Waals surface area contributed by atoms with E-state index in [1.54, 1.807) is 29.2 Å². The molecule has 3 heterocycles. The number of nitrogens with zero attached hydrogens (tertiary/aromatic N) is 4. The number of carbonyl (C=O) groups is 1. The minimum absolute atomic E-state index is 0.141. The Balaban J connectivity index is 1.28. The summed E-state index contributed by atoms with van der Waals surface area (Å²) in [6.45, 7) is 3.98. The highest BCUT2D eigenvalue weighted by Gasteiger charge is 2.41. The molecule has 1 atom stereocenters. The number of aromatic nitrogens is 1. The molecular weight excluding hydrogens is 482 g/mol. The van der Waals surface area contributed by atoms with E-state index in [0.717, 1.165) is 11.6 Å². The molecule has 34 heavy (non-hydrogen) atoms. The van der Waals surface area contributed by atoms with Crippen LogP contribution in [0.4, 0.5) is 13.9 Å². The summed E-state index contributed by atoms with van der Waals surface area (Å²) in [5, 5.41) is 0.580. The average molecular weight is 507 g/mol. The third-order valence-electron chi connectivity index (χ3n) is 6.38. The van der Waals surface area contributed by atoms with Crippen LogP contribution in [0.5, 0.6) is 0 Å². The van der Waals surface area contributed by atoms with Gasteiger partial charge in [0.2, 0.25) is 15.9 Å². The monoisotopic (exact) mass is 506 g/mol. The van der Waals surface area contributed by atoms with E-state index in [-0.39, 0.29) is 16.3 Å². The van der Waals surface area contributed by atoms with Gasteiger partial charge in [-0.15, -0.1) is 0 Å². The van der Waals surface area contributed by atoms with Gasteiger partial charge in [0.15, 0.2) is 10.9 Å². The molecule has 0 saturated carbocycles. The van der Waals surface area contributed by atoms with E-state index >= 15 is 0 Å². The molecule has 0 aliphatic carbocycles. The van der Waals surface area contributed by atoms with Crippen LogP contribution >= 0.6 is 11.3 Å². The van der Waals surface area contributed by atoms with Crippen molar-refractivity contribution in [2.45, 2.75) is 30.7 Å². The Morgan fingerprint density at radius 1 is 1.06 bits per heavy atom. The van der Waals surface area contributed by atoms with E-state index < -0.39 is 27.7 Å². The standard InChI is InChI=1S/C23H24F2N4O3S2/c1-15-4-6-17(7-5-15)34(31,32)29-8-2-3-19(29)22(30)27-9-11-28(12-10-27)23-26-21-18(25)13-16(24)14-20(21)33-23/h4-7,13-14,19H,2-3,8-12H2,1H3. The van der Waals surface area contributed by atoms with Crippen molar-refractivity contribution < 1.29 is 22.0 Å². The first kappa shape index (κ1) is 23.1. The molecule has 0 radical (unpaired) electrons. The van der Waals surface area contributed by atoms with Crippen LogP contribution in [0.3, 0.4) is 0 Å². The minimum atomic E-state index is -3.76. The number of aryl methyl sites for hydroxylation is 1. The predicted octanol–water partition coefficient (Wildman–Crippen LogP) is 3.38. The van der Waals surface area contributed by atoms with Crippen molar-refractivity contribution in [3.8, 4) is 0 Å². The van der Waals surface area contributed by atoms with Gasteiger partial charge in [-0.05, 0) is 38.0 Å². The molecule has 5 rings (SSSR count). The third kappa shape index (κ3) is 4.16. The summed E-state index contributed by atoms with van der Waals surface area (Å²) in [5.74, 6) is -1.52. The second kappa shape index (κ2) is 8.86. The Morgan fingerprint density at radius 2 is 1.76 bits per heavy atom. The van der Waals surface area contributed by atoms with Crippen molar-refractivity contribution in [2.75, 3.05) is 37.6 Å². The van der Waals surface area contributed by atoms with Crippen LogP contribution in [-0.2, 0) is 14.8 Å². The molecule has 11 heteroatoms. The van der Waals surface area contributed by atoms with Crippen LogP contribution in [0.1, 0.15) is 18.4 Å². The van der Waals surface area contributed by atoms with Gasteiger partial charge in [0, 0.05) is 38.8 Å². The lowest BCUT2D eigenvalue weighted by atomic mass is 10.2. The molecule has 2 saturated heterocycles. The number of carbonyl (C=O) groups excluding carboxylic acids is 1. The molecule has 1 aromatic heterocycles. The molecule has 2 aromatic carbocycles. The highest BCUT2D eigenvalue weighted by atomic mass is 32.2. The molecule has 0 bridgehead atoms. The van der Waals surface area contributed by atoms with E-state index in [2.05, 4.69) is 4.98 Å². The number of amides is 1. The number of hydrogen-bond acceptors (Lipinski definition) is 6. The zero-order chi connectivity index (χ0) is 24.0. The fourth-order valence-corrected chi connectivity index (χ4v) is 7.24. The molecule has 0 N–H and O–H groups in total. The van der Waals surface area contributed by atoms with E-state index in [0.29, 0.717) is 55.4 Å². The first-order valence-electron chi connectivity index (χ1n) is 11.1. The predicted molar refractivity (Wildman–Crippen MR) is 126 cm³/mol. The van der Waals surface area contributed by atoms with Gasteiger partial charge in [-0.3, -0.25) is 4.79 Å². The minimum Gasteiger partial charge on any atom is -0.345 e. The smallest absolute Gasteiger partial charge is 0.243 e. The summed E-state index contributed by atoms with van der Waals surface area (Å²) >= 11 is 1.21. The van der Waals surface area contributed by atoms with Crippen molar-refractivity contribution in [1.29, 1.82) is 0 Å². The zero-order valence-corrected chi connectivity index (χ0v) is 20.2. The SMILES string of the molecule is Cc1ccc(S(=O)(=O)N2CCCC2C(=O)N2CCN(c3nc4c(F)cc(F)cc4s3)CC2)cc1. The number of thiazole rings is 1. The largest absolute Gasteiger partial charge is 0.345 e. The van der Waals surface area contributed by atoms with E-state index in [1.807, 2.05) is 11.8 Å². The summed E-state index contributed by atoms with van der Waals surface area (Å²) in [7, 11) is -3.76. The highest BCUT2D eigenvalue weighted by Crippen LogP contribution is 2.32. The van der Waals surface area contributed by atoms with Gasteiger partial charge in [-0.2, -0.15) is 4.31 Å². The van der Waals surface area contributed by atoms with Crippen molar-refractivity contribution in [1.82, 2.24) is 14.2 Å². The fourth-order valence-electron chi connectivity index (χ4n) is 4.53. The molecule has 3 aromatic rings. The van der Waals surface area contributed by atoms with Gasteiger partial charge in [0.1, 0.15) is 17.4 Å². The number of sulfonamides is 1. The number of benzene rings is 2. The van der Waals surface area contributed by atoms with Gasteiger partial charge >= 0.3 is 0 Å². The number of piperazine rings is 1. The topological polar surface area (TPSA) is 73.8 Å². The molecule has 2 aliphatic heterocycles. The lowest BCUT2D eigenvalue weighted by Crippen LogP contribution is -2.54. The molecule has 1 amide bonds. The van der Waals surface area contributed by atoms with E-state index in [4.69, 9.17) is 0 Å². The Morgan fingerprint density at radius 3 is 2.47 bits per heavy atom. The molecule has 1 unspecified atom stereocenters. The summed E-state index contributed by atoms with van der Waals surface area (Å²) in [4.78, 5) is 21.5. The lowest BCUT2D eigenvalue weighted by molar-refractivity contribution is -0.134. The van der Waals surface area contributed by atoms with E-state index in [9.17, 15) is 22.0 Å². The molecule has 7 nitrogen and oxygen atoms in total. The van der Waals surface area contributed by atoms with Gasteiger partial charge in [0.25, 0.3) is 0 Å². The Hall–Kier alpha value is -2.63. The quantitative estimate of drug-likeness (QED) is 0.543. The summed E-state index contributed by atoms with van der Waals surface area (Å²) < 4.78 is 55.7. The maximum absolute atomic E-state index is 14.0. The first-order chi connectivity index (χ1) is 16.2. The Bertz CT molecular complexity index is 1340. The Kier molecular flexibility index (Phi) is 6.03. The van der Waals surface area contributed by atoms with Crippen LogP contribution < -0.4 is 4.90 Å². The first-order valence-corrected chi connectivity index (χ1v) is 13.4. The molecule has 0 spiro atoms. The van der Waals surface area contributed by atoms with Crippen LogP contribution in [-0.4, -0.2) is 67.3 Å². The highest BCUT2D eigenvalue weighted by molar-refractivity contribution is 7.89. The normalized spacial score (nSPS) is 19.8. The number of halogens is 2. The summed E-state index contributed by atoms with van der Waals surface area (Å²) in [6.07, 6.45) is 1.13. The second-order valence-electron chi connectivity index (χ2n) is 8.63. The number of hydrogen-bond donors (Lipinski definition) is 0. The fraction of sp³-hybridized carbons (Fsp3) is 0.391. The van der Waals surface area contributed by atoms with Gasteiger partial charge in [-0.1, -0.05) is 29.0 Å². The molecule has 2 aliphatic rings. The van der Waals surface area contributed by atoms with Crippen molar-refractivity contribution in [2.24, 2.45) is 0 Å². The van der Waals surface area contributed by atoms with Gasteiger partial charge in [-0.25, -0.2) is 22.2 Å². The summed E-state index contributed by atoms with van der Waals surface area (Å²) in [6, 6.07) is 8.04. The average Bonchev–Trinajstić information content (AvgIpc) is 3.47. The van der Waals surface area contributed by atoms with Gasteiger partial charge in [0.05, 0.1) is 9.60 Å². The van der Waals surface area contributed by atoms with Crippen molar-refractivity contribution >= 4 is 42.6 Å². The second-order valence-corrected chi connectivity index (χ2v) is 11.5.